The van der Waals surface area contributed by atoms with E-state index >= 15 is 0 Å². The minimum absolute atomic E-state index is 0.221. The minimum Gasteiger partial charge on any atom is -0.495 e. The van der Waals surface area contributed by atoms with Crippen molar-refractivity contribution in [2.45, 2.75) is 4.90 Å². The lowest BCUT2D eigenvalue weighted by atomic mass is 10.3. The second-order valence-corrected chi connectivity index (χ2v) is 6.96. The molecule has 2 rings (SSSR count). The van der Waals surface area contributed by atoms with Crippen molar-refractivity contribution in [2.24, 2.45) is 0 Å². The quantitative estimate of drug-likeness (QED) is 0.739. The second kappa shape index (κ2) is 5.72. The third kappa shape index (κ3) is 2.79. The molecule has 0 N–H and O–H groups in total. The molecule has 1 aliphatic heterocycles. The molecule has 0 amide bonds. The third-order valence-electron chi connectivity index (χ3n) is 2.71. The van der Waals surface area contributed by atoms with Crippen LogP contribution in [0.3, 0.4) is 0 Å². The first-order valence-corrected chi connectivity index (χ1v) is 7.99. The highest BCUT2D eigenvalue weighted by molar-refractivity contribution is 14.1. The molecule has 1 heterocycles. The maximum absolute atomic E-state index is 12.5. The van der Waals surface area contributed by atoms with Gasteiger partial charge in [0.05, 0.1) is 20.3 Å². The molecule has 1 aliphatic rings. The Morgan fingerprint density at radius 1 is 1.33 bits per heavy atom. The lowest BCUT2D eigenvalue weighted by molar-refractivity contribution is 0.0729. The molecule has 5 nitrogen and oxygen atoms in total. The van der Waals surface area contributed by atoms with Crippen LogP contribution in [0.25, 0.3) is 0 Å². The molecule has 0 unspecified atom stereocenters. The molecule has 1 fully saturated rings. The first-order valence-electron chi connectivity index (χ1n) is 5.47. The summed E-state index contributed by atoms with van der Waals surface area (Å²) in [5.74, 6) is 0.377. The maximum Gasteiger partial charge on any atom is 0.246 e. The molecule has 0 aromatic heterocycles. The number of hydrogen-bond acceptors (Lipinski definition) is 4. The zero-order valence-corrected chi connectivity index (χ0v) is 12.9. The molecule has 1 saturated heterocycles. The fourth-order valence-corrected chi connectivity index (χ4v) is 4.07. The smallest absolute Gasteiger partial charge is 0.246 e. The fraction of sp³-hybridized carbons (Fsp3) is 0.455. The van der Waals surface area contributed by atoms with Crippen molar-refractivity contribution in [1.29, 1.82) is 0 Å². The number of rotatable bonds is 3. The van der Waals surface area contributed by atoms with E-state index in [1.807, 2.05) is 6.07 Å². The van der Waals surface area contributed by atoms with Gasteiger partial charge in [-0.15, -0.1) is 0 Å². The number of nitrogens with zero attached hydrogens (tertiary/aromatic N) is 1. The maximum atomic E-state index is 12.5. The summed E-state index contributed by atoms with van der Waals surface area (Å²) < 4.78 is 37.6. The van der Waals surface area contributed by atoms with Crippen LogP contribution in [-0.2, 0) is 14.8 Å². The summed E-state index contributed by atoms with van der Waals surface area (Å²) in [6.07, 6.45) is 0. The minimum atomic E-state index is -3.50. The molecule has 0 aliphatic carbocycles. The van der Waals surface area contributed by atoms with Gasteiger partial charge in [0, 0.05) is 16.7 Å². The normalized spacial score (nSPS) is 17.7. The molecule has 1 aromatic carbocycles. The number of sulfonamides is 1. The second-order valence-electron chi connectivity index (χ2n) is 3.81. The van der Waals surface area contributed by atoms with Crippen molar-refractivity contribution in [3.8, 4) is 5.75 Å². The van der Waals surface area contributed by atoms with E-state index in [9.17, 15) is 8.42 Å². The van der Waals surface area contributed by atoms with Gasteiger partial charge in [0.15, 0.2) is 0 Å². The van der Waals surface area contributed by atoms with Crippen LogP contribution in [0.5, 0.6) is 5.75 Å². The summed E-state index contributed by atoms with van der Waals surface area (Å²) in [6.45, 7) is 1.64. The lowest BCUT2D eigenvalue weighted by Gasteiger charge is -2.26. The predicted octanol–water partition coefficient (Wildman–Crippen LogP) is 1.32. The average molecular weight is 383 g/mol. The lowest BCUT2D eigenvalue weighted by Crippen LogP contribution is -2.40. The van der Waals surface area contributed by atoms with Crippen molar-refractivity contribution < 1.29 is 17.9 Å². The van der Waals surface area contributed by atoms with Gasteiger partial charge in [-0.3, -0.25) is 0 Å². The topological polar surface area (TPSA) is 55.8 Å². The van der Waals surface area contributed by atoms with E-state index in [-0.39, 0.29) is 4.90 Å². The van der Waals surface area contributed by atoms with Crippen LogP contribution in [0, 0.1) is 3.57 Å². The van der Waals surface area contributed by atoms with Crippen molar-refractivity contribution in [3.63, 3.8) is 0 Å². The Balaban J connectivity index is 2.42. The zero-order chi connectivity index (χ0) is 13.2. The number of morpholine rings is 1. The fourth-order valence-electron chi connectivity index (χ4n) is 1.78. The Morgan fingerprint density at radius 2 is 2.00 bits per heavy atom. The van der Waals surface area contributed by atoms with Crippen LogP contribution in [0.4, 0.5) is 0 Å². The SMILES string of the molecule is COc1ccc(I)cc1S(=O)(=O)N1CCOCC1. The van der Waals surface area contributed by atoms with Crippen LogP contribution in [0.15, 0.2) is 23.1 Å². The van der Waals surface area contributed by atoms with Gasteiger partial charge >= 0.3 is 0 Å². The van der Waals surface area contributed by atoms with Gasteiger partial charge in [0.25, 0.3) is 0 Å². The van der Waals surface area contributed by atoms with Gasteiger partial charge in [-0.25, -0.2) is 8.42 Å². The Labute approximate surface area is 120 Å². The number of benzene rings is 1. The molecule has 0 spiro atoms. The van der Waals surface area contributed by atoms with E-state index in [4.69, 9.17) is 9.47 Å². The van der Waals surface area contributed by atoms with Crippen LogP contribution in [0.1, 0.15) is 0 Å². The zero-order valence-electron chi connectivity index (χ0n) is 9.93. The predicted molar refractivity (Wildman–Crippen MR) is 75.3 cm³/mol. The van der Waals surface area contributed by atoms with Crippen molar-refractivity contribution in [2.75, 3.05) is 33.4 Å². The number of halogens is 1. The molecule has 0 bridgehead atoms. The standard InChI is InChI=1S/C11H14INO4S/c1-16-10-3-2-9(12)8-11(10)18(14,15)13-4-6-17-7-5-13/h2-3,8H,4-7H2,1H3. The van der Waals surface area contributed by atoms with Crippen LogP contribution in [0.2, 0.25) is 0 Å². The molecule has 0 atom stereocenters. The summed E-state index contributed by atoms with van der Waals surface area (Å²) in [5.41, 5.74) is 0. The molecule has 1 aromatic rings. The van der Waals surface area contributed by atoms with Gasteiger partial charge in [0.2, 0.25) is 10.0 Å². The number of hydrogen-bond donors (Lipinski definition) is 0. The van der Waals surface area contributed by atoms with Gasteiger partial charge in [-0.05, 0) is 40.8 Å². The van der Waals surface area contributed by atoms with Crippen molar-refractivity contribution in [3.05, 3.63) is 21.8 Å². The van der Waals surface area contributed by atoms with E-state index < -0.39 is 10.0 Å². The van der Waals surface area contributed by atoms with Gasteiger partial charge in [-0.1, -0.05) is 0 Å². The molecular formula is C11H14INO4S. The highest BCUT2D eigenvalue weighted by Crippen LogP contribution is 2.28. The van der Waals surface area contributed by atoms with Crippen molar-refractivity contribution >= 4 is 32.6 Å². The summed E-state index contributed by atoms with van der Waals surface area (Å²) >= 11 is 2.09. The molecular weight excluding hydrogens is 369 g/mol. The van der Waals surface area contributed by atoms with Gasteiger partial charge in [-0.2, -0.15) is 4.31 Å². The largest absolute Gasteiger partial charge is 0.495 e. The first kappa shape index (κ1) is 14.0. The van der Waals surface area contributed by atoms with Gasteiger partial charge < -0.3 is 9.47 Å². The van der Waals surface area contributed by atoms with Crippen LogP contribution in [-0.4, -0.2) is 46.1 Å². The highest BCUT2D eigenvalue weighted by atomic mass is 127. The number of ether oxygens (including phenoxy) is 2. The Bertz CT molecular complexity index is 526. The summed E-state index contributed by atoms with van der Waals surface area (Å²) in [5, 5.41) is 0. The van der Waals surface area contributed by atoms with E-state index in [0.717, 1.165) is 3.57 Å². The summed E-state index contributed by atoms with van der Waals surface area (Å²) in [4.78, 5) is 0.221. The average Bonchev–Trinajstić information content (AvgIpc) is 2.39. The third-order valence-corrected chi connectivity index (χ3v) is 5.30. The van der Waals surface area contributed by atoms with Crippen molar-refractivity contribution in [1.82, 2.24) is 4.31 Å². The van der Waals surface area contributed by atoms with Crippen LogP contribution < -0.4 is 4.74 Å². The first-order chi connectivity index (χ1) is 8.55. The van der Waals surface area contributed by atoms with E-state index in [0.29, 0.717) is 32.1 Å². The van der Waals surface area contributed by atoms with E-state index in [1.54, 1.807) is 12.1 Å². The Morgan fingerprint density at radius 3 is 2.61 bits per heavy atom. The van der Waals surface area contributed by atoms with E-state index in [2.05, 4.69) is 22.6 Å². The summed E-state index contributed by atoms with van der Waals surface area (Å²) in [6, 6.07) is 5.12. The monoisotopic (exact) mass is 383 g/mol. The molecule has 0 radical (unpaired) electrons. The van der Waals surface area contributed by atoms with Crippen LogP contribution >= 0.6 is 22.6 Å². The molecule has 7 heteroatoms. The molecule has 0 saturated carbocycles. The molecule has 18 heavy (non-hydrogen) atoms. The van der Waals surface area contributed by atoms with Gasteiger partial charge in [0.1, 0.15) is 10.6 Å². The molecule has 100 valence electrons. The highest BCUT2D eigenvalue weighted by Gasteiger charge is 2.29. The Hall–Kier alpha value is -0.380. The summed E-state index contributed by atoms with van der Waals surface area (Å²) in [7, 11) is -2.03. The van der Waals surface area contributed by atoms with E-state index in [1.165, 1.54) is 11.4 Å². The Kier molecular flexibility index (Phi) is 4.46. The number of methoxy groups -OCH3 is 1.